The smallest absolute Gasteiger partial charge is 0.308 e. The Balaban J connectivity index is 0.00000288. The van der Waals surface area contributed by atoms with Gasteiger partial charge in [-0.25, -0.2) is 0 Å². The third-order valence-electron chi connectivity index (χ3n) is 5.24. The first-order valence-electron chi connectivity index (χ1n) is 8.89. The number of nitrogens with one attached hydrogen (secondary N) is 1. The van der Waals surface area contributed by atoms with Crippen LogP contribution in [0.4, 0.5) is 0 Å². The topological polar surface area (TPSA) is 57.2 Å². The Kier molecular flexibility index (Phi) is 9.95. The van der Waals surface area contributed by atoms with Crippen molar-refractivity contribution in [3.63, 3.8) is 0 Å². The van der Waals surface area contributed by atoms with Gasteiger partial charge in [0.2, 0.25) is 0 Å². The number of methoxy groups -OCH3 is 1. The largest absolute Gasteiger partial charge is 0.469 e. The molecule has 1 heterocycles. The van der Waals surface area contributed by atoms with Crippen LogP contribution in [0.15, 0.2) is 4.99 Å². The average Bonchev–Trinajstić information content (AvgIpc) is 3.13. The molecule has 1 aliphatic carbocycles. The molecule has 24 heavy (non-hydrogen) atoms. The van der Waals surface area contributed by atoms with E-state index in [0.717, 1.165) is 51.0 Å². The number of ether oxygens (including phenoxy) is 1. The van der Waals surface area contributed by atoms with E-state index in [4.69, 9.17) is 4.74 Å². The number of esters is 1. The lowest BCUT2D eigenvalue weighted by Crippen LogP contribution is -2.48. The van der Waals surface area contributed by atoms with Gasteiger partial charge in [-0.1, -0.05) is 12.8 Å². The lowest BCUT2D eigenvalue weighted by Gasteiger charge is -2.33. The quantitative estimate of drug-likeness (QED) is 0.299. The summed E-state index contributed by atoms with van der Waals surface area (Å²) in [5.74, 6) is 0.918. The highest BCUT2D eigenvalue weighted by Gasteiger charge is 2.27. The summed E-state index contributed by atoms with van der Waals surface area (Å²) in [7, 11) is 5.52. The highest BCUT2D eigenvalue weighted by molar-refractivity contribution is 14.0. The minimum atomic E-state index is -0.0780. The van der Waals surface area contributed by atoms with E-state index >= 15 is 0 Å². The monoisotopic (exact) mass is 452 g/mol. The fourth-order valence-electron chi connectivity index (χ4n) is 3.70. The number of carbonyl (C=O) groups is 1. The molecule has 0 bridgehead atoms. The average molecular weight is 452 g/mol. The minimum absolute atomic E-state index is 0. The molecule has 1 N–H and O–H groups in total. The van der Waals surface area contributed by atoms with Crippen LogP contribution in [0.5, 0.6) is 0 Å². The first-order valence-corrected chi connectivity index (χ1v) is 8.89. The summed E-state index contributed by atoms with van der Waals surface area (Å²) in [5, 5.41) is 3.47. The van der Waals surface area contributed by atoms with Crippen LogP contribution in [0.1, 0.15) is 38.5 Å². The fourth-order valence-corrected chi connectivity index (χ4v) is 3.70. The van der Waals surface area contributed by atoms with Crippen molar-refractivity contribution in [2.45, 2.75) is 44.6 Å². The summed E-state index contributed by atoms with van der Waals surface area (Å²) >= 11 is 0. The van der Waals surface area contributed by atoms with Crippen molar-refractivity contribution in [3.05, 3.63) is 0 Å². The van der Waals surface area contributed by atoms with Gasteiger partial charge < -0.3 is 19.9 Å². The Morgan fingerprint density at radius 1 is 1.25 bits per heavy atom. The van der Waals surface area contributed by atoms with Crippen LogP contribution in [0.2, 0.25) is 0 Å². The summed E-state index contributed by atoms with van der Waals surface area (Å²) in [5.41, 5.74) is 0. The van der Waals surface area contributed by atoms with Crippen molar-refractivity contribution < 1.29 is 9.53 Å². The van der Waals surface area contributed by atoms with Gasteiger partial charge >= 0.3 is 5.97 Å². The maximum Gasteiger partial charge on any atom is 0.308 e. The van der Waals surface area contributed by atoms with E-state index in [1.54, 1.807) is 0 Å². The molecule has 0 amide bonds. The Hall–Kier alpha value is -0.570. The van der Waals surface area contributed by atoms with Gasteiger partial charge in [0.15, 0.2) is 5.96 Å². The summed E-state index contributed by atoms with van der Waals surface area (Å²) in [6, 6.07) is 0.759. The molecule has 0 aromatic heterocycles. The normalized spacial score (nSPS) is 20.2. The number of hydrogen-bond acceptors (Lipinski definition) is 4. The summed E-state index contributed by atoms with van der Waals surface area (Å²) in [6.07, 6.45) is 7.11. The number of nitrogens with zero attached hydrogens (tertiary/aromatic N) is 3. The molecule has 2 fully saturated rings. The zero-order valence-corrected chi connectivity index (χ0v) is 17.6. The zero-order valence-electron chi connectivity index (χ0n) is 15.3. The number of hydrogen-bond donors (Lipinski definition) is 1. The maximum atomic E-state index is 11.6. The van der Waals surface area contributed by atoms with Crippen molar-refractivity contribution in [2.75, 3.05) is 47.4 Å². The molecule has 1 aliphatic heterocycles. The van der Waals surface area contributed by atoms with Gasteiger partial charge in [-0.3, -0.25) is 9.79 Å². The molecule has 7 heteroatoms. The number of likely N-dealkylation sites (tertiary alicyclic amines) is 1. The second-order valence-corrected chi connectivity index (χ2v) is 6.68. The molecular formula is C17H33IN4O2. The minimum Gasteiger partial charge on any atom is -0.469 e. The van der Waals surface area contributed by atoms with Gasteiger partial charge in [0.05, 0.1) is 13.0 Å². The summed E-state index contributed by atoms with van der Waals surface area (Å²) in [4.78, 5) is 20.7. The van der Waals surface area contributed by atoms with Gasteiger partial charge in [-0.15, -0.1) is 24.0 Å². The van der Waals surface area contributed by atoms with E-state index in [9.17, 15) is 4.79 Å². The highest BCUT2D eigenvalue weighted by atomic mass is 127. The Bertz CT molecular complexity index is 405. The van der Waals surface area contributed by atoms with E-state index in [1.807, 2.05) is 7.05 Å². The van der Waals surface area contributed by atoms with E-state index < -0.39 is 0 Å². The third kappa shape index (κ3) is 6.06. The van der Waals surface area contributed by atoms with E-state index in [1.165, 1.54) is 32.8 Å². The molecule has 1 saturated carbocycles. The number of piperidine rings is 1. The van der Waals surface area contributed by atoms with Crippen molar-refractivity contribution in [1.82, 2.24) is 15.1 Å². The number of carbonyl (C=O) groups excluding carboxylic acids is 1. The molecule has 140 valence electrons. The van der Waals surface area contributed by atoms with Gasteiger partial charge in [0, 0.05) is 39.3 Å². The summed E-state index contributed by atoms with van der Waals surface area (Å²) < 4.78 is 4.84. The Morgan fingerprint density at radius 2 is 1.88 bits per heavy atom. The van der Waals surface area contributed by atoms with Crippen LogP contribution in [0.3, 0.4) is 0 Å². The lowest BCUT2D eigenvalue weighted by molar-refractivity contribution is -0.146. The van der Waals surface area contributed by atoms with Crippen LogP contribution in [0, 0.1) is 5.92 Å². The molecule has 2 rings (SSSR count). The number of aliphatic imine (C=N–C) groups is 1. The highest BCUT2D eigenvalue weighted by Crippen LogP contribution is 2.22. The molecule has 0 atom stereocenters. The zero-order chi connectivity index (χ0) is 16.7. The van der Waals surface area contributed by atoms with Gasteiger partial charge in [0.1, 0.15) is 0 Å². The third-order valence-corrected chi connectivity index (χ3v) is 5.24. The predicted molar refractivity (Wildman–Crippen MR) is 108 cm³/mol. The van der Waals surface area contributed by atoms with Crippen LogP contribution in [-0.4, -0.2) is 75.2 Å². The SMILES string of the molecule is CN=C(NCCN(C)C1CCCC1)N1CCC(C(=O)OC)CC1.I. The number of rotatable bonds is 5. The predicted octanol–water partition coefficient (Wildman–Crippen LogP) is 1.94. The number of guanidine groups is 1. The van der Waals surface area contributed by atoms with Crippen LogP contribution in [-0.2, 0) is 9.53 Å². The van der Waals surface area contributed by atoms with Gasteiger partial charge in [-0.05, 0) is 32.7 Å². The molecule has 0 aromatic carbocycles. The van der Waals surface area contributed by atoms with Crippen molar-refractivity contribution in [3.8, 4) is 0 Å². The van der Waals surface area contributed by atoms with E-state index in [0.29, 0.717) is 0 Å². The van der Waals surface area contributed by atoms with E-state index in [-0.39, 0.29) is 35.9 Å². The van der Waals surface area contributed by atoms with Gasteiger partial charge in [0.25, 0.3) is 0 Å². The first kappa shape index (κ1) is 21.5. The first-order chi connectivity index (χ1) is 11.2. The van der Waals surface area contributed by atoms with Crippen molar-refractivity contribution >= 4 is 35.9 Å². The van der Waals surface area contributed by atoms with Crippen LogP contribution >= 0.6 is 24.0 Å². The molecule has 0 radical (unpaired) electrons. The molecule has 0 spiro atoms. The number of halogens is 1. The Morgan fingerprint density at radius 3 is 2.42 bits per heavy atom. The van der Waals surface area contributed by atoms with Crippen molar-refractivity contribution in [1.29, 1.82) is 0 Å². The standard InChI is InChI=1S/C17H32N4O2.HI/c1-18-17(19-10-13-20(2)15-6-4-5-7-15)21-11-8-14(9-12-21)16(22)23-3;/h14-15H,4-13H2,1-3H3,(H,18,19);1H. The van der Waals surface area contributed by atoms with Crippen molar-refractivity contribution in [2.24, 2.45) is 10.9 Å². The molecule has 1 saturated heterocycles. The Labute approximate surface area is 163 Å². The molecular weight excluding hydrogens is 419 g/mol. The molecule has 0 aromatic rings. The fraction of sp³-hybridized carbons (Fsp3) is 0.882. The second kappa shape index (κ2) is 11.1. The maximum absolute atomic E-state index is 11.6. The van der Waals surface area contributed by atoms with Crippen LogP contribution < -0.4 is 5.32 Å². The molecule has 0 unspecified atom stereocenters. The molecule has 6 nitrogen and oxygen atoms in total. The van der Waals surface area contributed by atoms with Gasteiger partial charge in [-0.2, -0.15) is 0 Å². The number of likely N-dealkylation sites (N-methyl/N-ethyl adjacent to an activating group) is 1. The van der Waals surface area contributed by atoms with Crippen LogP contribution in [0.25, 0.3) is 0 Å². The van der Waals surface area contributed by atoms with E-state index in [2.05, 4.69) is 27.2 Å². The molecule has 2 aliphatic rings. The second-order valence-electron chi connectivity index (χ2n) is 6.68. The lowest BCUT2D eigenvalue weighted by atomic mass is 9.97. The summed E-state index contributed by atoms with van der Waals surface area (Å²) in [6.45, 7) is 3.68.